The fourth-order valence-corrected chi connectivity index (χ4v) is 4.21. The molecule has 12 heteroatoms. The summed E-state index contributed by atoms with van der Waals surface area (Å²) in [6.45, 7) is 2.12. The van der Waals surface area contributed by atoms with Crippen LogP contribution in [0.25, 0.3) is 0 Å². The van der Waals surface area contributed by atoms with Crippen molar-refractivity contribution in [3.63, 3.8) is 0 Å². The third kappa shape index (κ3) is 6.50. The predicted molar refractivity (Wildman–Crippen MR) is 118 cm³/mol. The number of primary amides is 1. The van der Waals surface area contributed by atoms with Gasteiger partial charge in [0.2, 0.25) is 11.8 Å². The number of benzene rings is 1. The minimum Gasteiger partial charge on any atom is -0.369 e. The minimum atomic E-state index is -4.50. The number of nitrogens with two attached hydrogens (primary N) is 1. The molecule has 2 aromatic rings. The maximum Gasteiger partial charge on any atom is 0.417 e. The second-order valence-electron chi connectivity index (χ2n) is 7.09. The molecule has 172 valence electrons. The summed E-state index contributed by atoms with van der Waals surface area (Å²) < 4.78 is 38.4. The van der Waals surface area contributed by atoms with Crippen molar-refractivity contribution in [2.75, 3.05) is 48.7 Å². The van der Waals surface area contributed by atoms with Crippen LogP contribution in [0.2, 0.25) is 5.02 Å². The highest BCUT2D eigenvalue weighted by Gasteiger charge is 2.32. The Morgan fingerprint density at radius 2 is 1.88 bits per heavy atom. The van der Waals surface area contributed by atoms with Crippen LogP contribution in [0, 0.1) is 0 Å². The van der Waals surface area contributed by atoms with E-state index < -0.39 is 17.6 Å². The van der Waals surface area contributed by atoms with Gasteiger partial charge >= 0.3 is 6.18 Å². The van der Waals surface area contributed by atoms with Crippen LogP contribution in [-0.2, 0) is 15.8 Å². The minimum absolute atomic E-state index is 0.0592. The van der Waals surface area contributed by atoms with Crippen LogP contribution >= 0.6 is 23.4 Å². The quantitative estimate of drug-likeness (QED) is 0.583. The Morgan fingerprint density at radius 3 is 2.50 bits per heavy atom. The molecular weight excluding hydrogens is 467 g/mol. The van der Waals surface area contributed by atoms with Gasteiger partial charge in [0.05, 0.1) is 28.6 Å². The Bertz CT molecular complexity index is 984. The van der Waals surface area contributed by atoms with E-state index in [1.165, 1.54) is 11.8 Å². The van der Waals surface area contributed by atoms with Crippen LogP contribution in [0.4, 0.5) is 24.7 Å². The number of nitrogens with zero attached hydrogens (tertiary/aromatic N) is 3. The molecule has 0 saturated carbocycles. The summed E-state index contributed by atoms with van der Waals surface area (Å²) in [5.74, 6) is -0.257. The first-order chi connectivity index (χ1) is 15.1. The Morgan fingerprint density at radius 1 is 1.19 bits per heavy atom. The number of aromatic nitrogens is 1. The van der Waals surface area contributed by atoms with Crippen molar-refractivity contribution in [3.8, 4) is 0 Å². The number of piperazine rings is 1. The number of alkyl halides is 3. The van der Waals surface area contributed by atoms with Crippen molar-refractivity contribution in [2.24, 2.45) is 5.73 Å². The normalized spacial score (nSPS) is 14.9. The van der Waals surface area contributed by atoms with E-state index in [4.69, 9.17) is 17.3 Å². The molecule has 3 rings (SSSR count). The van der Waals surface area contributed by atoms with E-state index in [0.29, 0.717) is 37.7 Å². The van der Waals surface area contributed by atoms with Gasteiger partial charge in [0.25, 0.3) is 0 Å². The summed E-state index contributed by atoms with van der Waals surface area (Å²) in [6.07, 6.45) is -3.73. The third-order valence-corrected chi connectivity index (χ3v) is 6.09. The summed E-state index contributed by atoms with van der Waals surface area (Å²) >= 11 is 7.27. The van der Waals surface area contributed by atoms with E-state index in [9.17, 15) is 22.8 Å². The average Bonchev–Trinajstić information content (AvgIpc) is 2.73. The van der Waals surface area contributed by atoms with E-state index >= 15 is 0 Å². The van der Waals surface area contributed by atoms with Gasteiger partial charge in [-0.15, -0.1) is 11.8 Å². The molecule has 1 aromatic carbocycles. The molecule has 1 aliphatic rings. The van der Waals surface area contributed by atoms with E-state index in [1.807, 2.05) is 4.90 Å². The van der Waals surface area contributed by atoms with Crippen molar-refractivity contribution in [2.45, 2.75) is 11.1 Å². The molecule has 7 nitrogen and oxygen atoms in total. The van der Waals surface area contributed by atoms with Gasteiger partial charge in [-0.25, -0.2) is 4.98 Å². The fraction of sp³-hybridized carbons (Fsp3) is 0.350. The molecule has 32 heavy (non-hydrogen) atoms. The predicted octanol–water partition coefficient (Wildman–Crippen LogP) is 3.09. The van der Waals surface area contributed by atoms with Gasteiger partial charge in [-0.05, 0) is 18.2 Å². The summed E-state index contributed by atoms with van der Waals surface area (Å²) in [5, 5.41) is 2.79. The topological polar surface area (TPSA) is 91.6 Å². The molecular formula is C20H21ClF3N5O2S. The number of halogens is 4. The van der Waals surface area contributed by atoms with Gasteiger partial charge in [-0.2, -0.15) is 13.2 Å². The molecule has 1 fully saturated rings. The van der Waals surface area contributed by atoms with Gasteiger partial charge in [0, 0.05) is 37.3 Å². The number of nitrogens with one attached hydrogen (secondary N) is 1. The molecule has 1 aromatic heterocycles. The van der Waals surface area contributed by atoms with Gasteiger partial charge in [0.15, 0.2) is 0 Å². The molecule has 0 bridgehead atoms. The second-order valence-corrected chi connectivity index (χ2v) is 8.51. The molecule has 0 spiro atoms. The fourth-order valence-electron chi connectivity index (χ4n) is 3.17. The molecule has 0 atom stereocenters. The molecule has 2 heterocycles. The van der Waals surface area contributed by atoms with E-state index in [-0.39, 0.29) is 23.2 Å². The zero-order chi connectivity index (χ0) is 23.3. The lowest BCUT2D eigenvalue weighted by molar-refractivity contribution is -0.137. The van der Waals surface area contributed by atoms with Crippen molar-refractivity contribution < 1.29 is 22.8 Å². The van der Waals surface area contributed by atoms with Gasteiger partial charge in [-0.1, -0.05) is 23.7 Å². The maximum absolute atomic E-state index is 12.8. The highest BCUT2D eigenvalue weighted by Crippen LogP contribution is 2.33. The molecule has 0 unspecified atom stereocenters. The number of hydrogen-bond donors (Lipinski definition) is 2. The zero-order valence-corrected chi connectivity index (χ0v) is 18.4. The number of amides is 2. The average molecular weight is 488 g/mol. The summed E-state index contributed by atoms with van der Waals surface area (Å²) in [5.41, 5.74) is 4.89. The van der Waals surface area contributed by atoms with Gasteiger partial charge < -0.3 is 16.0 Å². The van der Waals surface area contributed by atoms with Crippen LogP contribution in [0.1, 0.15) is 5.56 Å². The zero-order valence-electron chi connectivity index (χ0n) is 16.9. The van der Waals surface area contributed by atoms with Crippen molar-refractivity contribution in [3.05, 3.63) is 47.1 Å². The summed E-state index contributed by atoms with van der Waals surface area (Å²) in [6, 6.07) is 8.00. The molecule has 0 aliphatic carbocycles. The van der Waals surface area contributed by atoms with Gasteiger partial charge in [-0.3, -0.25) is 14.5 Å². The van der Waals surface area contributed by atoms with Crippen LogP contribution in [0.3, 0.4) is 0 Å². The summed E-state index contributed by atoms with van der Waals surface area (Å²) in [4.78, 5) is 31.9. The molecule has 0 radical (unpaired) electrons. The van der Waals surface area contributed by atoms with Crippen molar-refractivity contribution in [1.29, 1.82) is 0 Å². The number of rotatable bonds is 7. The molecule has 1 saturated heterocycles. The van der Waals surface area contributed by atoms with Crippen molar-refractivity contribution >= 4 is 46.7 Å². The second kappa shape index (κ2) is 10.4. The highest BCUT2D eigenvalue weighted by molar-refractivity contribution is 8.00. The number of thioether (sulfide) groups is 1. The lowest BCUT2D eigenvalue weighted by Crippen LogP contribution is -2.49. The largest absolute Gasteiger partial charge is 0.417 e. The van der Waals surface area contributed by atoms with Crippen LogP contribution in [0.15, 0.2) is 41.4 Å². The molecule has 2 amide bonds. The van der Waals surface area contributed by atoms with E-state index in [1.54, 1.807) is 29.2 Å². The smallest absolute Gasteiger partial charge is 0.369 e. The van der Waals surface area contributed by atoms with Crippen LogP contribution in [-0.4, -0.2) is 60.2 Å². The Balaban J connectivity index is 1.53. The highest BCUT2D eigenvalue weighted by atomic mass is 35.5. The third-order valence-electron chi connectivity index (χ3n) is 4.72. The lowest BCUT2D eigenvalue weighted by Gasteiger charge is -2.35. The van der Waals surface area contributed by atoms with Crippen LogP contribution < -0.4 is 16.0 Å². The number of anilines is 2. The Kier molecular flexibility index (Phi) is 7.86. The lowest BCUT2D eigenvalue weighted by atomic mass is 10.2. The monoisotopic (exact) mass is 487 g/mol. The Hall–Kier alpha value is -2.50. The SMILES string of the molecule is NC(=O)CSc1ccccc1NC(=O)CN1CCN(c2ncc(C(F)(F)F)cc2Cl)CC1. The summed E-state index contributed by atoms with van der Waals surface area (Å²) in [7, 11) is 0. The number of para-hydroxylation sites is 1. The standard InChI is InChI=1S/C20H21ClF3N5O2S/c21-14-9-13(20(22,23)24)10-26-19(14)29-7-5-28(6-8-29)11-18(31)27-15-3-1-2-4-16(15)32-12-17(25)30/h1-4,9-10H,5-8,11-12H2,(H2,25,30)(H,27,31). The number of carbonyl (C=O) groups excluding carboxylic acids is 2. The maximum atomic E-state index is 12.8. The number of hydrogen-bond acceptors (Lipinski definition) is 6. The first kappa shape index (κ1) is 24.1. The number of pyridine rings is 1. The first-order valence-corrected chi connectivity index (χ1v) is 11.0. The van der Waals surface area contributed by atoms with Crippen molar-refractivity contribution in [1.82, 2.24) is 9.88 Å². The van der Waals surface area contributed by atoms with E-state index in [2.05, 4.69) is 10.3 Å². The van der Waals surface area contributed by atoms with Crippen LogP contribution in [0.5, 0.6) is 0 Å². The molecule has 3 N–H and O–H groups in total. The number of carbonyl (C=O) groups is 2. The van der Waals surface area contributed by atoms with E-state index in [0.717, 1.165) is 17.2 Å². The van der Waals surface area contributed by atoms with Gasteiger partial charge in [0.1, 0.15) is 5.82 Å². The molecule has 1 aliphatic heterocycles. The first-order valence-electron chi connectivity index (χ1n) is 9.63. The Labute approximate surface area is 192 Å².